The zero-order valence-corrected chi connectivity index (χ0v) is 10.6. The van der Waals surface area contributed by atoms with Gasteiger partial charge >= 0.3 is 5.97 Å². The van der Waals surface area contributed by atoms with Gasteiger partial charge in [0, 0.05) is 6.20 Å². The van der Waals surface area contributed by atoms with E-state index in [1.54, 1.807) is 24.6 Å². The molecule has 0 aliphatic rings. The second-order valence-electron chi connectivity index (χ2n) is 2.91. The van der Waals surface area contributed by atoms with E-state index in [1.165, 1.54) is 29.3 Å². The number of rotatable bonds is 4. The number of nitrogens with zero attached hydrogens (tertiary/aromatic N) is 3. The molecule has 2 heterocycles. The zero-order chi connectivity index (χ0) is 12.1. The van der Waals surface area contributed by atoms with Crippen LogP contribution in [0.15, 0.2) is 33.2 Å². The molecule has 0 bridgehead atoms. The maximum atomic E-state index is 11.4. The Hall–Kier alpha value is -1.47. The van der Waals surface area contributed by atoms with Crippen molar-refractivity contribution in [3.05, 3.63) is 29.4 Å². The molecule has 2 rings (SSSR count). The van der Waals surface area contributed by atoms with Gasteiger partial charge in [-0.3, -0.25) is 0 Å². The van der Waals surface area contributed by atoms with E-state index in [9.17, 15) is 4.79 Å². The molecule has 0 saturated carbocycles. The van der Waals surface area contributed by atoms with Crippen LogP contribution in [0.1, 0.15) is 17.3 Å². The molecule has 88 valence electrons. The largest absolute Gasteiger partial charge is 0.462 e. The van der Waals surface area contributed by atoms with E-state index in [-0.39, 0.29) is 5.97 Å². The van der Waals surface area contributed by atoms with Gasteiger partial charge in [-0.15, -0.1) is 10.2 Å². The number of pyridine rings is 1. The lowest BCUT2D eigenvalue weighted by Crippen LogP contribution is -2.04. The Morgan fingerprint density at radius 3 is 3.00 bits per heavy atom. The molecule has 0 N–H and O–H groups in total. The lowest BCUT2D eigenvalue weighted by atomic mass is 10.3. The number of carbonyl (C=O) groups is 1. The Morgan fingerprint density at radius 1 is 1.53 bits per heavy atom. The fourth-order valence-corrected chi connectivity index (χ4v) is 2.44. The molecule has 0 aromatic carbocycles. The standard InChI is InChI=1S/C10H9N3O2S2/c1-2-15-9(14)7-3-4-8(11-5-7)17-10-13-12-6-16-10/h3-6H,2H2,1H3. The van der Waals surface area contributed by atoms with E-state index in [1.807, 2.05) is 0 Å². The van der Waals surface area contributed by atoms with Gasteiger partial charge in [0.15, 0.2) is 4.34 Å². The third kappa shape index (κ3) is 3.24. The van der Waals surface area contributed by atoms with E-state index in [0.29, 0.717) is 12.2 Å². The summed E-state index contributed by atoms with van der Waals surface area (Å²) in [7, 11) is 0. The van der Waals surface area contributed by atoms with Crippen molar-refractivity contribution in [3.63, 3.8) is 0 Å². The summed E-state index contributed by atoms with van der Waals surface area (Å²) in [5.41, 5.74) is 2.11. The molecule has 0 radical (unpaired) electrons. The van der Waals surface area contributed by atoms with Crippen molar-refractivity contribution >= 4 is 29.1 Å². The summed E-state index contributed by atoms with van der Waals surface area (Å²) >= 11 is 2.86. The third-order valence-corrected chi connectivity index (χ3v) is 3.51. The number of hydrogen-bond acceptors (Lipinski definition) is 7. The summed E-state index contributed by atoms with van der Waals surface area (Å²) in [5, 5.41) is 8.41. The Morgan fingerprint density at radius 2 is 2.41 bits per heavy atom. The Bertz CT molecular complexity index is 485. The van der Waals surface area contributed by atoms with Gasteiger partial charge in [-0.1, -0.05) is 11.3 Å². The first-order valence-electron chi connectivity index (χ1n) is 4.87. The summed E-state index contributed by atoms with van der Waals surface area (Å²) in [6.07, 6.45) is 1.50. The van der Waals surface area contributed by atoms with Crippen LogP contribution in [0.4, 0.5) is 0 Å². The minimum atomic E-state index is -0.354. The van der Waals surface area contributed by atoms with E-state index in [2.05, 4.69) is 15.2 Å². The first-order valence-corrected chi connectivity index (χ1v) is 6.56. The molecule has 0 amide bonds. The summed E-state index contributed by atoms with van der Waals surface area (Å²) < 4.78 is 5.69. The molecular weight excluding hydrogens is 258 g/mol. The average molecular weight is 267 g/mol. The smallest absolute Gasteiger partial charge is 0.339 e. The van der Waals surface area contributed by atoms with Crippen molar-refractivity contribution in [1.82, 2.24) is 15.2 Å². The molecule has 0 fully saturated rings. The van der Waals surface area contributed by atoms with Crippen molar-refractivity contribution in [2.75, 3.05) is 6.61 Å². The Labute approximate surface area is 106 Å². The first-order chi connectivity index (χ1) is 8.29. The number of aromatic nitrogens is 3. The molecule has 0 aliphatic carbocycles. The van der Waals surface area contributed by atoms with Gasteiger partial charge in [-0.25, -0.2) is 9.78 Å². The Kier molecular flexibility index (Phi) is 4.05. The van der Waals surface area contributed by atoms with Crippen LogP contribution in [0, 0.1) is 0 Å². The van der Waals surface area contributed by atoms with Crippen LogP contribution in [0.5, 0.6) is 0 Å². The lowest BCUT2D eigenvalue weighted by molar-refractivity contribution is 0.0525. The van der Waals surface area contributed by atoms with Crippen molar-refractivity contribution in [2.24, 2.45) is 0 Å². The summed E-state index contributed by atoms with van der Waals surface area (Å²) in [6.45, 7) is 2.13. The van der Waals surface area contributed by atoms with Crippen molar-refractivity contribution in [2.45, 2.75) is 16.3 Å². The summed E-state index contributed by atoms with van der Waals surface area (Å²) in [5.74, 6) is -0.354. The Balaban J connectivity index is 2.05. The van der Waals surface area contributed by atoms with E-state index >= 15 is 0 Å². The van der Waals surface area contributed by atoms with Gasteiger partial charge in [-0.05, 0) is 30.8 Å². The molecule has 0 unspecified atom stereocenters. The predicted octanol–water partition coefficient (Wildman–Crippen LogP) is 2.26. The van der Waals surface area contributed by atoms with E-state index in [4.69, 9.17) is 4.74 Å². The van der Waals surface area contributed by atoms with Crippen molar-refractivity contribution in [3.8, 4) is 0 Å². The summed E-state index contributed by atoms with van der Waals surface area (Å²) in [4.78, 5) is 15.5. The molecule has 0 spiro atoms. The lowest BCUT2D eigenvalue weighted by Gasteiger charge is -2.01. The van der Waals surface area contributed by atoms with E-state index in [0.717, 1.165) is 9.37 Å². The molecule has 2 aromatic heterocycles. The number of esters is 1. The van der Waals surface area contributed by atoms with Crippen molar-refractivity contribution < 1.29 is 9.53 Å². The molecule has 17 heavy (non-hydrogen) atoms. The quantitative estimate of drug-likeness (QED) is 0.792. The van der Waals surface area contributed by atoms with Crippen LogP contribution in [0.2, 0.25) is 0 Å². The number of carbonyl (C=O) groups excluding carboxylic acids is 1. The average Bonchev–Trinajstić information content (AvgIpc) is 2.83. The SMILES string of the molecule is CCOC(=O)c1ccc(Sc2nncs2)nc1. The first kappa shape index (κ1) is 12.0. The van der Waals surface area contributed by atoms with Crippen LogP contribution >= 0.6 is 23.1 Å². The second-order valence-corrected chi connectivity index (χ2v) is 5.01. The summed E-state index contributed by atoms with van der Waals surface area (Å²) in [6, 6.07) is 3.45. The van der Waals surface area contributed by atoms with Crippen LogP contribution in [0.25, 0.3) is 0 Å². The second kappa shape index (κ2) is 5.74. The van der Waals surface area contributed by atoms with Gasteiger partial charge in [-0.2, -0.15) is 0 Å². The molecule has 2 aromatic rings. The normalized spacial score (nSPS) is 10.2. The van der Waals surface area contributed by atoms with Gasteiger partial charge in [0.2, 0.25) is 0 Å². The van der Waals surface area contributed by atoms with Crippen LogP contribution in [0.3, 0.4) is 0 Å². The van der Waals surface area contributed by atoms with Gasteiger partial charge < -0.3 is 4.74 Å². The molecule has 7 heteroatoms. The highest BCUT2D eigenvalue weighted by molar-refractivity contribution is 8.00. The fraction of sp³-hybridized carbons (Fsp3) is 0.200. The van der Waals surface area contributed by atoms with Gasteiger partial charge in [0.1, 0.15) is 10.5 Å². The topological polar surface area (TPSA) is 65.0 Å². The number of hydrogen-bond donors (Lipinski definition) is 0. The van der Waals surface area contributed by atoms with Crippen molar-refractivity contribution in [1.29, 1.82) is 0 Å². The minimum absolute atomic E-state index is 0.354. The maximum absolute atomic E-state index is 11.4. The monoisotopic (exact) mass is 267 g/mol. The maximum Gasteiger partial charge on any atom is 0.339 e. The highest BCUT2D eigenvalue weighted by Gasteiger charge is 2.07. The molecular formula is C10H9N3O2S2. The van der Waals surface area contributed by atoms with Crippen LogP contribution in [-0.4, -0.2) is 27.8 Å². The zero-order valence-electron chi connectivity index (χ0n) is 8.99. The number of ether oxygens (including phenoxy) is 1. The van der Waals surface area contributed by atoms with Crippen LogP contribution < -0.4 is 0 Å². The van der Waals surface area contributed by atoms with Gasteiger partial charge in [0.05, 0.1) is 12.2 Å². The minimum Gasteiger partial charge on any atom is -0.462 e. The van der Waals surface area contributed by atoms with Gasteiger partial charge in [0.25, 0.3) is 0 Å². The fourth-order valence-electron chi connectivity index (χ4n) is 1.07. The molecule has 5 nitrogen and oxygen atoms in total. The highest BCUT2D eigenvalue weighted by Crippen LogP contribution is 2.26. The highest BCUT2D eigenvalue weighted by atomic mass is 32.2. The molecule has 0 saturated heterocycles. The van der Waals surface area contributed by atoms with Crippen LogP contribution in [-0.2, 0) is 4.74 Å². The van der Waals surface area contributed by atoms with E-state index < -0.39 is 0 Å². The predicted molar refractivity (Wildman–Crippen MR) is 64.2 cm³/mol. The molecule has 0 atom stereocenters. The third-order valence-electron chi connectivity index (χ3n) is 1.78. The molecule has 0 aliphatic heterocycles.